The van der Waals surface area contributed by atoms with E-state index in [1.54, 1.807) is 13.1 Å². The van der Waals surface area contributed by atoms with Crippen LogP contribution in [0.4, 0.5) is 4.39 Å². The van der Waals surface area contributed by atoms with Crippen molar-refractivity contribution in [1.29, 1.82) is 0 Å². The Bertz CT molecular complexity index is 558. The van der Waals surface area contributed by atoms with Gasteiger partial charge < -0.3 is 5.32 Å². The molecule has 0 aromatic heterocycles. The first-order chi connectivity index (χ1) is 9.43. The van der Waals surface area contributed by atoms with Crippen LogP contribution in [-0.2, 0) is 16.6 Å². The first kappa shape index (κ1) is 16.8. The third-order valence-electron chi connectivity index (χ3n) is 2.97. The quantitative estimate of drug-likeness (QED) is 0.591. The summed E-state index contributed by atoms with van der Waals surface area (Å²) in [7, 11) is -0.363. The number of rotatable bonds is 8. The highest BCUT2D eigenvalue weighted by Gasteiger charge is 2.21. The van der Waals surface area contributed by atoms with Crippen LogP contribution in [0.15, 0.2) is 35.7 Å². The molecule has 1 aromatic carbocycles. The van der Waals surface area contributed by atoms with Crippen LogP contribution in [0.2, 0.25) is 0 Å². The lowest BCUT2D eigenvalue weighted by Gasteiger charge is -2.17. The van der Waals surface area contributed by atoms with Crippen molar-refractivity contribution in [2.24, 2.45) is 0 Å². The maximum absolute atomic E-state index is 13.5. The van der Waals surface area contributed by atoms with Crippen molar-refractivity contribution in [3.8, 4) is 0 Å². The minimum atomic E-state index is -3.57. The second-order valence-corrected chi connectivity index (χ2v) is 6.59. The fraction of sp³-hybridized carbons (Fsp3) is 0.429. The molecule has 0 aliphatic heterocycles. The molecule has 0 aliphatic rings. The van der Waals surface area contributed by atoms with Crippen LogP contribution in [0.5, 0.6) is 0 Å². The molecule has 0 saturated carbocycles. The molecule has 112 valence electrons. The average molecular weight is 300 g/mol. The fourth-order valence-corrected chi connectivity index (χ4v) is 3.06. The summed E-state index contributed by atoms with van der Waals surface area (Å²) in [6.45, 7) is 4.30. The van der Waals surface area contributed by atoms with Gasteiger partial charge in [0, 0.05) is 25.7 Å². The van der Waals surface area contributed by atoms with E-state index in [1.807, 2.05) is 0 Å². The third kappa shape index (κ3) is 4.13. The van der Waals surface area contributed by atoms with Crippen molar-refractivity contribution in [2.75, 3.05) is 20.6 Å². The van der Waals surface area contributed by atoms with E-state index in [4.69, 9.17) is 0 Å². The Morgan fingerprint density at radius 3 is 2.75 bits per heavy atom. The van der Waals surface area contributed by atoms with Gasteiger partial charge in [0.15, 0.2) is 0 Å². The van der Waals surface area contributed by atoms with Gasteiger partial charge in [0.05, 0.1) is 4.90 Å². The fourth-order valence-electron chi connectivity index (χ4n) is 1.80. The van der Waals surface area contributed by atoms with Crippen molar-refractivity contribution in [2.45, 2.75) is 24.3 Å². The van der Waals surface area contributed by atoms with Gasteiger partial charge in [-0.15, -0.1) is 6.58 Å². The Morgan fingerprint density at radius 2 is 2.15 bits per heavy atom. The van der Waals surface area contributed by atoms with Crippen LogP contribution in [0, 0.1) is 5.82 Å². The van der Waals surface area contributed by atoms with Gasteiger partial charge >= 0.3 is 0 Å². The Hall–Kier alpha value is -1.24. The molecule has 0 bridgehead atoms. The zero-order valence-corrected chi connectivity index (χ0v) is 12.7. The molecule has 20 heavy (non-hydrogen) atoms. The van der Waals surface area contributed by atoms with E-state index in [-0.39, 0.29) is 11.4 Å². The SMILES string of the molecule is C=CCCCN(C)S(=O)(=O)c1ccc(F)c(CNC)c1. The van der Waals surface area contributed by atoms with Gasteiger partial charge in [0.25, 0.3) is 0 Å². The van der Waals surface area contributed by atoms with Crippen LogP contribution in [0.1, 0.15) is 18.4 Å². The van der Waals surface area contributed by atoms with Gasteiger partial charge in [-0.25, -0.2) is 17.1 Å². The summed E-state index contributed by atoms with van der Waals surface area (Å²) in [5.74, 6) is -0.410. The summed E-state index contributed by atoms with van der Waals surface area (Å²) in [5, 5.41) is 2.82. The molecule has 0 fully saturated rings. The maximum Gasteiger partial charge on any atom is 0.242 e. The molecular weight excluding hydrogens is 279 g/mol. The number of nitrogens with one attached hydrogen (secondary N) is 1. The predicted molar refractivity (Wildman–Crippen MR) is 78.4 cm³/mol. The monoisotopic (exact) mass is 300 g/mol. The summed E-state index contributed by atoms with van der Waals surface area (Å²) in [6.07, 6.45) is 3.22. The van der Waals surface area contributed by atoms with Crippen LogP contribution < -0.4 is 5.32 Å². The highest BCUT2D eigenvalue weighted by atomic mass is 32.2. The van der Waals surface area contributed by atoms with Gasteiger partial charge in [-0.3, -0.25) is 0 Å². The Balaban J connectivity index is 2.96. The summed E-state index contributed by atoms with van der Waals surface area (Å²) in [6, 6.07) is 3.87. The topological polar surface area (TPSA) is 49.4 Å². The highest BCUT2D eigenvalue weighted by molar-refractivity contribution is 7.89. The molecule has 0 amide bonds. The molecule has 1 rings (SSSR count). The number of hydrogen-bond acceptors (Lipinski definition) is 3. The maximum atomic E-state index is 13.5. The number of halogens is 1. The van der Waals surface area contributed by atoms with E-state index < -0.39 is 15.8 Å². The van der Waals surface area contributed by atoms with E-state index in [1.165, 1.54) is 29.6 Å². The van der Waals surface area contributed by atoms with E-state index in [2.05, 4.69) is 11.9 Å². The van der Waals surface area contributed by atoms with E-state index in [0.717, 1.165) is 6.42 Å². The molecular formula is C14H21FN2O2S. The zero-order valence-electron chi connectivity index (χ0n) is 11.9. The van der Waals surface area contributed by atoms with Gasteiger partial charge in [-0.1, -0.05) is 6.08 Å². The number of hydrogen-bond donors (Lipinski definition) is 1. The summed E-state index contributed by atoms with van der Waals surface area (Å²) in [5.41, 5.74) is 0.341. The van der Waals surface area contributed by atoms with Crippen molar-refractivity contribution >= 4 is 10.0 Å². The second-order valence-electron chi connectivity index (χ2n) is 4.54. The second kappa shape index (κ2) is 7.52. The number of nitrogens with zero attached hydrogens (tertiary/aromatic N) is 1. The van der Waals surface area contributed by atoms with Gasteiger partial charge in [0.2, 0.25) is 10.0 Å². The molecule has 0 unspecified atom stereocenters. The van der Waals surface area contributed by atoms with Crippen LogP contribution >= 0.6 is 0 Å². The van der Waals surface area contributed by atoms with E-state index in [0.29, 0.717) is 18.5 Å². The van der Waals surface area contributed by atoms with E-state index >= 15 is 0 Å². The van der Waals surface area contributed by atoms with Crippen molar-refractivity contribution in [3.05, 3.63) is 42.2 Å². The summed E-state index contributed by atoms with van der Waals surface area (Å²) in [4.78, 5) is 0.116. The summed E-state index contributed by atoms with van der Waals surface area (Å²) < 4.78 is 39.5. The Morgan fingerprint density at radius 1 is 1.45 bits per heavy atom. The minimum absolute atomic E-state index is 0.116. The molecule has 1 aromatic rings. The number of unbranched alkanes of at least 4 members (excludes halogenated alkanes) is 1. The predicted octanol–water partition coefficient (Wildman–Crippen LogP) is 2.13. The van der Waals surface area contributed by atoms with Gasteiger partial charge in [-0.05, 0) is 38.1 Å². The molecule has 0 radical (unpaired) electrons. The Kier molecular flexibility index (Phi) is 6.32. The highest BCUT2D eigenvalue weighted by Crippen LogP contribution is 2.18. The first-order valence-electron chi connectivity index (χ1n) is 6.43. The van der Waals surface area contributed by atoms with E-state index in [9.17, 15) is 12.8 Å². The molecule has 0 heterocycles. The van der Waals surface area contributed by atoms with Crippen molar-refractivity contribution in [1.82, 2.24) is 9.62 Å². The van der Waals surface area contributed by atoms with Crippen LogP contribution in [0.25, 0.3) is 0 Å². The minimum Gasteiger partial charge on any atom is -0.316 e. The third-order valence-corrected chi connectivity index (χ3v) is 4.83. The number of sulfonamides is 1. The largest absolute Gasteiger partial charge is 0.316 e. The molecule has 1 N–H and O–H groups in total. The van der Waals surface area contributed by atoms with Crippen LogP contribution in [-0.4, -0.2) is 33.4 Å². The molecule has 0 aliphatic carbocycles. The zero-order chi connectivity index (χ0) is 15.2. The van der Waals surface area contributed by atoms with Crippen molar-refractivity contribution < 1.29 is 12.8 Å². The van der Waals surface area contributed by atoms with Crippen molar-refractivity contribution in [3.63, 3.8) is 0 Å². The smallest absolute Gasteiger partial charge is 0.242 e. The molecule has 4 nitrogen and oxygen atoms in total. The molecule has 0 saturated heterocycles. The Labute approximate surface area is 120 Å². The first-order valence-corrected chi connectivity index (χ1v) is 7.87. The lowest BCUT2D eigenvalue weighted by atomic mass is 10.2. The standard InChI is InChI=1S/C14H21FN2O2S/c1-4-5-6-9-17(3)20(18,19)13-7-8-14(15)12(10-13)11-16-2/h4,7-8,10,16H,1,5-6,9,11H2,2-3H3. The normalized spacial score (nSPS) is 11.8. The average Bonchev–Trinajstić information content (AvgIpc) is 2.41. The van der Waals surface area contributed by atoms with Gasteiger partial charge in [0.1, 0.15) is 5.82 Å². The molecule has 0 atom stereocenters. The summed E-state index contributed by atoms with van der Waals surface area (Å²) >= 11 is 0. The lowest BCUT2D eigenvalue weighted by Crippen LogP contribution is -2.28. The lowest BCUT2D eigenvalue weighted by molar-refractivity contribution is 0.462. The molecule has 0 spiro atoms. The van der Waals surface area contributed by atoms with Gasteiger partial charge in [-0.2, -0.15) is 0 Å². The number of benzene rings is 1. The van der Waals surface area contributed by atoms with Crippen LogP contribution in [0.3, 0.4) is 0 Å². The number of allylic oxidation sites excluding steroid dienone is 1. The molecule has 6 heteroatoms.